The molecule has 0 saturated carbocycles. The van der Waals surface area contributed by atoms with E-state index < -0.39 is 12.3 Å². The van der Waals surface area contributed by atoms with Crippen LogP contribution in [0.25, 0.3) is 11.3 Å². The molecular weight excluding hydrogens is 481 g/mol. The smallest absolute Gasteiger partial charge is 0.307 e. The Morgan fingerprint density at radius 3 is 2.45 bits per heavy atom. The highest BCUT2D eigenvalue weighted by molar-refractivity contribution is 6.06. The van der Waals surface area contributed by atoms with Crippen molar-refractivity contribution in [3.8, 4) is 11.3 Å². The summed E-state index contributed by atoms with van der Waals surface area (Å²) in [5.74, 6) is 0.230. The molecule has 5 rings (SSSR count). The van der Waals surface area contributed by atoms with Crippen molar-refractivity contribution in [2.75, 3.05) is 43.4 Å². The van der Waals surface area contributed by atoms with Crippen molar-refractivity contribution in [2.45, 2.75) is 13.2 Å². The number of likely N-dealkylation sites (N-methyl/N-ethyl adjacent to an activating group) is 1. The number of urea groups is 1. The van der Waals surface area contributed by atoms with Crippen molar-refractivity contribution < 1.29 is 9.18 Å². The van der Waals surface area contributed by atoms with Crippen LogP contribution in [0.1, 0.15) is 17.4 Å². The Morgan fingerprint density at radius 2 is 1.74 bits per heavy atom. The minimum Gasteiger partial charge on any atom is -0.307 e. The number of amides is 2. The number of alkyl halides is 1. The third kappa shape index (κ3) is 5.69. The summed E-state index contributed by atoms with van der Waals surface area (Å²) in [7, 11) is 2.04. The van der Waals surface area contributed by atoms with Crippen LogP contribution in [0.15, 0.2) is 85.3 Å². The molecule has 1 N–H and O–H groups in total. The molecule has 2 aromatic carbocycles. The standard InChI is InChI=1S/C29H30FN7O/c1-21-6-3-4-8-26(21)37(28-32-15-13-25(34-28)23-7-5-14-31-20-23)29(38)33-24-11-9-22(10-12-24)27(30)36-18-16-35(2)17-19-36/h3-15,20,27H,16-19H2,1-2H3,(H,33,38). The minimum atomic E-state index is -1.18. The van der Waals surface area contributed by atoms with Crippen molar-refractivity contribution in [1.82, 2.24) is 24.8 Å². The van der Waals surface area contributed by atoms with Crippen molar-refractivity contribution in [3.05, 3.63) is 96.4 Å². The first-order chi connectivity index (χ1) is 18.5. The van der Waals surface area contributed by atoms with Gasteiger partial charge < -0.3 is 10.2 Å². The van der Waals surface area contributed by atoms with Crippen LogP contribution in [0.4, 0.5) is 26.5 Å². The average molecular weight is 512 g/mol. The van der Waals surface area contributed by atoms with Gasteiger partial charge in [-0.05, 0) is 55.9 Å². The maximum absolute atomic E-state index is 15.1. The maximum Gasteiger partial charge on any atom is 0.333 e. The van der Waals surface area contributed by atoms with Crippen LogP contribution >= 0.6 is 0 Å². The number of piperazine rings is 1. The predicted octanol–water partition coefficient (Wildman–Crippen LogP) is 5.43. The summed E-state index contributed by atoms with van der Waals surface area (Å²) < 4.78 is 15.1. The Balaban J connectivity index is 1.39. The van der Waals surface area contributed by atoms with Crippen molar-refractivity contribution in [1.29, 1.82) is 0 Å². The molecule has 2 amide bonds. The molecule has 9 heteroatoms. The molecule has 0 aliphatic carbocycles. The Hall–Kier alpha value is -4.21. The Labute approximate surface area is 221 Å². The second kappa shape index (κ2) is 11.5. The van der Waals surface area contributed by atoms with E-state index in [4.69, 9.17) is 0 Å². The third-order valence-corrected chi connectivity index (χ3v) is 6.66. The van der Waals surface area contributed by atoms with Gasteiger partial charge in [-0.15, -0.1) is 0 Å². The zero-order valence-corrected chi connectivity index (χ0v) is 21.5. The summed E-state index contributed by atoms with van der Waals surface area (Å²) in [5, 5.41) is 2.93. The van der Waals surface area contributed by atoms with Crippen molar-refractivity contribution >= 4 is 23.4 Å². The van der Waals surface area contributed by atoms with Crippen LogP contribution in [-0.2, 0) is 0 Å². The molecule has 0 bridgehead atoms. The number of aromatic nitrogens is 3. The molecule has 1 unspecified atom stereocenters. The van der Waals surface area contributed by atoms with Gasteiger partial charge in [0.2, 0.25) is 5.95 Å². The van der Waals surface area contributed by atoms with E-state index in [9.17, 15) is 4.79 Å². The molecule has 0 spiro atoms. The lowest BCUT2D eigenvalue weighted by Gasteiger charge is -2.34. The van der Waals surface area contributed by atoms with Crippen LogP contribution in [0, 0.1) is 6.92 Å². The SMILES string of the molecule is Cc1ccccc1N(C(=O)Nc1ccc(C(F)N2CCN(C)CC2)cc1)c1nccc(-c2cccnc2)n1. The van der Waals surface area contributed by atoms with E-state index in [0.717, 1.165) is 24.2 Å². The molecule has 1 fully saturated rings. The number of hydrogen-bond acceptors (Lipinski definition) is 6. The number of anilines is 3. The molecule has 1 saturated heterocycles. The summed E-state index contributed by atoms with van der Waals surface area (Å²) in [6.45, 7) is 4.97. The van der Waals surface area contributed by atoms with Gasteiger partial charge >= 0.3 is 6.03 Å². The number of halogens is 1. The molecule has 3 heterocycles. The van der Waals surface area contributed by atoms with Crippen LogP contribution in [-0.4, -0.2) is 64.0 Å². The molecule has 0 radical (unpaired) electrons. The van der Waals surface area contributed by atoms with Gasteiger partial charge in [0.1, 0.15) is 0 Å². The summed E-state index contributed by atoms with van der Waals surface area (Å²) in [6, 6.07) is 19.5. The lowest BCUT2D eigenvalue weighted by molar-refractivity contribution is 0.0386. The molecule has 38 heavy (non-hydrogen) atoms. The van der Waals surface area contributed by atoms with E-state index in [1.54, 1.807) is 48.9 Å². The van der Waals surface area contributed by atoms with Gasteiger partial charge in [0, 0.05) is 61.6 Å². The average Bonchev–Trinajstić information content (AvgIpc) is 2.95. The Bertz CT molecular complexity index is 1380. The van der Waals surface area contributed by atoms with Gasteiger partial charge in [0.05, 0.1) is 11.4 Å². The topological polar surface area (TPSA) is 77.5 Å². The predicted molar refractivity (Wildman–Crippen MR) is 147 cm³/mol. The third-order valence-electron chi connectivity index (χ3n) is 6.66. The molecule has 2 aromatic heterocycles. The van der Waals surface area contributed by atoms with Crippen molar-refractivity contribution in [3.63, 3.8) is 0 Å². The fraction of sp³-hybridized carbons (Fsp3) is 0.241. The minimum absolute atomic E-state index is 0.230. The fourth-order valence-corrected chi connectivity index (χ4v) is 4.42. The number of rotatable bonds is 6. The molecule has 194 valence electrons. The van der Waals surface area contributed by atoms with Gasteiger partial charge in [-0.2, -0.15) is 0 Å². The van der Waals surface area contributed by atoms with E-state index in [0.29, 0.717) is 35.7 Å². The summed E-state index contributed by atoms with van der Waals surface area (Å²) in [5.41, 5.74) is 4.13. The molecule has 1 atom stereocenters. The molecule has 1 aliphatic heterocycles. The van der Waals surface area contributed by atoms with Crippen LogP contribution in [0.5, 0.6) is 0 Å². The first kappa shape index (κ1) is 25.4. The maximum atomic E-state index is 15.1. The van der Waals surface area contributed by atoms with E-state index in [1.165, 1.54) is 4.90 Å². The number of pyridine rings is 1. The summed E-state index contributed by atoms with van der Waals surface area (Å²) in [6.07, 6.45) is 3.85. The largest absolute Gasteiger partial charge is 0.333 e. The number of nitrogens with one attached hydrogen (secondary N) is 1. The highest BCUT2D eigenvalue weighted by atomic mass is 19.1. The van der Waals surface area contributed by atoms with Crippen LogP contribution < -0.4 is 10.2 Å². The summed E-state index contributed by atoms with van der Waals surface area (Å²) >= 11 is 0. The lowest BCUT2D eigenvalue weighted by atomic mass is 10.1. The van der Waals surface area contributed by atoms with Gasteiger partial charge in [-0.1, -0.05) is 30.3 Å². The molecular formula is C29H30FN7O. The first-order valence-corrected chi connectivity index (χ1v) is 12.6. The van der Waals surface area contributed by atoms with E-state index in [-0.39, 0.29) is 5.95 Å². The Morgan fingerprint density at radius 1 is 0.974 bits per heavy atom. The molecule has 4 aromatic rings. The highest BCUT2D eigenvalue weighted by Crippen LogP contribution is 2.29. The number of aryl methyl sites for hydroxylation is 1. The number of carbonyl (C=O) groups is 1. The zero-order valence-electron chi connectivity index (χ0n) is 21.5. The van der Waals surface area contributed by atoms with E-state index >= 15 is 4.39 Å². The van der Waals surface area contributed by atoms with Crippen LogP contribution in [0.2, 0.25) is 0 Å². The number of para-hydroxylation sites is 1. The second-order valence-corrected chi connectivity index (χ2v) is 9.33. The normalized spacial score (nSPS) is 15.1. The summed E-state index contributed by atoms with van der Waals surface area (Å²) in [4.78, 5) is 32.4. The van der Waals surface area contributed by atoms with E-state index in [1.807, 2.05) is 55.3 Å². The van der Waals surface area contributed by atoms with Gasteiger partial charge in [-0.3, -0.25) is 9.88 Å². The van der Waals surface area contributed by atoms with Crippen LogP contribution in [0.3, 0.4) is 0 Å². The van der Waals surface area contributed by atoms with Gasteiger partial charge in [0.15, 0.2) is 6.30 Å². The number of carbonyl (C=O) groups excluding carboxylic acids is 1. The highest BCUT2D eigenvalue weighted by Gasteiger charge is 2.25. The second-order valence-electron chi connectivity index (χ2n) is 9.33. The number of benzene rings is 2. The lowest BCUT2D eigenvalue weighted by Crippen LogP contribution is -2.45. The fourth-order valence-electron chi connectivity index (χ4n) is 4.42. The Kier molecular flexibility index (Phi) is 7.67. The quantitative estimate of drug-likeness (QED) is 0.348. The first-order valence-electron chi connectivity index (χ1n) is 12.6. The van der Waals surface area contributed by atoms with Crippen molar-refractivity contribution in [2.24, 2.45) is 0 Å². The number of hydrogen-bond donors (Lipinski definition) is 1. The monoisotopic (exact) mass is 511 g/mol. The zero-order chi connectivity index (χ0) is 26.5. The van der Waals surface area contributed by atoms with Gasteiger partial charge in [0.25, 0.3) is 0 Å². The van der Waals surface area contributed by atoms with Gasteiger partial charge in [-0.25, -0.2) is 24.1 Å². The van der Waals surface area contributed by atoms with E-state index in [2.05, 4.69) is 25.2 Å². The number of nitrogens with zero attached hydrogens (tertiary/aromatic N) is 6. The molecule has 8 nitrogen and oxygen atoms in total. The molecule has 1 aliphatic rings.